The molecule has 0 fully saturated rings. The van der Waals surface area contributed by atoms with Crippen molar-refractivity contribution in [3.05, 3.63) is 34.4 Å². The number of halogens is 2. The molecule has 0 aliphatic rings. The molecule has 2 unspecified atom stereocenters. The molecule has 1 aromatic heterocycles. The zero-order chi connectivity index (χ0) is 14.9. The van der Waals surface area contributed by atoms with Gasteiger partial charge in [0.15, 0.2) is 0 Å². The van der Waals surface area contributed by atoms with Crippen LogP contribution in [0.2, 0.25) is 0 Å². The van der Waals surface area contributed by atoms with Crippen molar-refractivity contribution in [2.24, 2.45) is 5.92 Å². The van der Waals surface area contributed by atoms with Gasteiger partial charge >= 0.3 is 5.97 Å². The quantitative estimate of drug-likeness (QED) is 0.920. The number of nitrogens with zero attached hydrogens (tertiary/aromatic N) is 2. The summed E-state index contributed by atoms with van der Waals surface area (Å²) in [5.74, 6) is -1.99. The standard InChI is InChI=1S/C13H12BrFN2O3/c1-6(7(2)13(18)19)12-16-11(17-20-12)8-3-9(14)5-10(15)4-8/h3-7H,1-2H3,(H,18,19). The topological polar surface area (TPSA) is 76.2 Å². The Morgan fingerprint density at radius 1 is 1.40 bits per heavy atom. The van der Waals surface area contributed by atoms with Crippen molar-refractivity contribution < 1.29 is 18.8 Å². The number of hydrogen-bond acceptors (Lipinski definition) is 4. The van der Waals surface area contributed by atoms with E-state index in [1.54, 1.807) is 19.9 Å². The van der Waals surface area contributed by atoms with Gasteiger partial charge in [-0.1, -0.05) is 34.9 Å². The normalized spacial score (nSPS) is 14.0. The maximum atomic E-state index is 13.3. The van der Waals surface area contributed by atoms with Crippen molar-refractivity contribution in [1.29, 1.82) is 0 Å². The van der Waals surface area contributed by atoms with Gasteiger partial charge in [-0.05, 0) is 18.2 Å². The molecule has 0 radical (unpaired) electrons. The van der Waals surface area contributed by atoms with Gasteiger partial charge < -0.3 is 9.63 Å². The second kappa shape index (κ2) is 5.70. The number of carboxylic acids is 1. The van der Waals surface area contributed by atoms with E-state index in [0.29, 0.717) is 10.0 Å². The van der Waals surface area contributed by atoms with E-state index in [-0.39, 0.29) is 11.7 Å². The third kappa shape index (κ3) is 3.04. The SMILES string of the molecule is CC(C(=O)O)C(C)c1nc(-c2cc(F)cc(Br)c2)no1. The Balaban J connectivity index is 2.31. The number of rotatable bonds is 4. The molecule has 7 heteroatoms. The van der Waals surface area contributed by atoms with Crippen LogP contribution in [0.4, 0.5) is 4.39 Å². The summed E-state index contributed by atoms with van der Waals surface area (Å²) in [5, 5.41) is 12.7. The fraction of sp³-hybridized carbons (Fsp3) is 0.308. The largest absolute Gasteiger partial charge is 0.481 e. The number of benzene rings is 1. The fourth-order valence-electron chi connectivity index (χ4n) is 1.65. The molecule has 1 aromatic carbocycles. The second-order valence-electron chi connectivity index (χ2n) is 4.53. The van der Waals surface area contributed by atoms with E-state index in [0.717, 1.165) is 0 Å². The van der Waals surface area contributed by atoms with Gasteiger partial charge in [0.25, 0.3) is 0 Å². The monoisotopic (exact) mass is 342 g/mol. The average Bonchev–Trinajstić information content (AvgIpc) is 2.85. The highest BCUT2D eigenvalue weighted by atomic mass is 79.9. The van der Waals surface area contributed by atoms with Crippen LogP contribution in [0.5, 0.6) is 0 Å². The van der Waals surface area contributed by atoms with E-state index in [2.05, 4.69) is 26.1 Å². The van der Waals surface area contributed by atoms with E-state index < -0.39 is 23.6 Å². The first-order chi connectivity index (χ1) is 9.38. The van der Waals surface area contributed by atoms with Gasteiger partial charge in [-0.25, -0.2) is 4.39 Å². The average molecular weight is 343 g/mol. The van der Waals surface area contributed by atoms with Gasteiger partial charge in [0.1, 0.15) is 5.82 Å². The maximum Gasteiger partial charge on any atom is 0.307 e. The summed E-state index contributed by atoms with van der Waals surface area (Å²) in [6.45, 7) is 3.26. The number of aliphatic carboxylic acids is 1. The minimum atomic E-state index is -0.939. The molecular weight excluding hydrogens is 331 g/mol. The molecule has 0 aliphatic carbocycles. The van der Waals surface area contributed by atoms with Gasteiger partial charge in [0.2, 0.25) is 11.7 Å². The molecular formula is C13H12BrFN2O3. The molecule has 0 aliphatic heterocycles. The Labute approximate surface area is 122 Å². The predicted molar refractivity (Wildman–Crippen MR) is 72.6 cm³/mol. The van der Waals surface area contributed by atoms with E-state index in [9.17, 15) is 9.18 Å². The molecule has 20 heavy (non-hydrogen) atoms. The molecule has 5 nitrogen and oxygen atoms in total. The predicted octanol–water partition coefficient (Wildman–Crippen LogP) is 3.46. The van der Waals surface area contributed by atoms with Crippen LogP contribution in [0.1, 0.15) is 25.7 Å². The van der Waals surface area contributed by atoms with E-state index >= 15 is 0 Å². The van der Waals surface area contributed by atoms with E-state index in [1.165, 1.54) is 12.1 Å². The Bertz CT molecular complexity index is 624. The molecule has 106 valence electrons. The Hall–Kier alpha value is -1.76. The lowest BCUT2D eigenvalue weighted by atomic mass is 9.96. The minimum absolute atomic E-state index is 0.218. The van der Waals surface area contributed by atoms with Gasteiger partial charge in [0, 0.05) is 16.0 Å². The Kier molecular flexibility index (Phi) is 4.17. The highest BCUT2D eigenvalue weighted by molar-refractivity contribution is 9.10. The van der Waals surface area contributed by atoms with Crippen LogP contribution >= 0.6 is 15.9 Å². The maximum absolute atomic E-state index is 13.3. The van der Waals surface area contributed by atoms with Gasteiger partial charge in [0.05, 0.1) is 5.92 Å². The third-order valence-corrected chi connectivity index (χ3v) is 3.55. The first kappa shape index (κ1) is 14.6. The van der Waals surface area contributed by atoms with Crippen LogP contribution in [-0.2, 0) is 4.79 Å². The molecule has 2 atom stereocenters. The van der Waals surface area contributed by atoms with Crippen LogP contribution in [0.15, 0.2) is 27.2 Å². The molecule has 0 bridgehead atoms. The fourth-order valence-corrected chi connectivity index (χ4v) is 2.11. The van der Waals surface area contributed by atoms with Crippen LogP contribution in [0.25, 0.3) is 11.4 Å². The van der Waals surface area contributed by atoms with Crippen LogP contribution in [0, 0.1) is 11.7 Å². The van der Waals surface area contributed by atoms with Crippen LogP contribution in [0.3, 0.4) is 0 Å². The summed E-state index contributed by atoms with van der Waals surface area (Å²) in [7, 11) is 0. The van der Waals surface area contributed by atoms with Gasteiger partial charge in [-0.15, -0.1) is 0 Å². The zero-order valence-corrected chi connectivity index (χ0v) is 12.4. The number of aromatic nitrogens is 2. The van der Waals surface area contributed by atoms with E-state index in [1.807, 2.05) is 0 Å². The van der Waals surface area contributed by atoms with Crippen molar-refractivity contribution in [1.82, 2.24) is 10.1 Å². The summed E-state index contributed by atoms with van der Waals surface area (Å²) in [6.07, 6.45) is 0. The van der Waals surface area contributed by atoms with Gasteiger partial charge in [-0.3, -0.25) is 4.79 Å². The highest BCUT2D eigenvalue weighted by Gasteiger charge is 2.26. The smallest absolute Gasteiger partial charge is 0.307 e. The van der Waals surface area contributed by atoms with Crippen molar-refractivity contribution >= 4 is 21.9 Å². The molecule has 0 saturated carbocycles. The lowest BCUT2D eigenvalue weighted by molar-refractivity contribution is -0.141. The lowest BCUT2D eigenvalue weighted by Crippen LogP contribution is -2.16. The second-order valence-corrected chi connectivity index (χ2v) is 5.45. The molecule has 1 N–H and O–H groups in total. The van der Waals surface area contributed by atoms with E-state index in [4.69, 9.17) is 9.63 Å². The summed E-state index contributed by atoms with van der Waals surface area (Å²) in [5.41, 5.74) is 0.460. The summed E-state index contributed by atoms with van der Waals surface area (Å²) >= 11 is 3.18. The third-order valence-electron chi connectivity index (χ3n) is 3.09. The summed E-state index contributed by atoms with van der Waals surface area (Å²) in [6, 6.07) is 4.26. The summed E-state index contributed by atoms with van der Waals surface area (Å²) in [4.78, 5) is 15.1. The lowest BCUT2D eigenvalue weighted by Gasteiger charge is -2.10. The Morgan fingerprint density at radius 2 is 2.10 bits per heavy atom. The molecule has 0 spiro atoms. The minimum Gasteiger partial charge on any atom is -0.481 e. The van der Waals surface area contributed by atoms with Crippen LogP contribution < -0.4 is 0 Å². The summed E-state index contributed by atoms with van der Waals surface area (Å²) < 4.78 is 18.9. The number of carboxylic acid groups (broad SMARTS) is 1. The van der Waals surface area contributed by atoms with Crippen molar-refractivity contribution in [2.45, 2.75) is 19.8 Å². The van der Waals surface area contributed by atoms with Crippen LogP contribution in [-0.4, -0.2) is 21.2 Å². The first-order valence-electron chi connectivity index (χ1n) is 5.91. The first-order valence-corrected chi connectivity index (χ1v) is 6.70. The highest BCUT2D eigenvalue weighted by Crippen LogP contribution is 2.27. The molecule has 2 aromatic rings. The van der Waals surface area contributed by atoms with Crippen molar-refractivity contribution in [3.63, 3.8) is 0 Å². The molecule has 0 saturated heterocycles. The molecule has 2 rings (SSSR count). The Morgan fingerprint density at radius 3 is 2.70 bits per heavy atom. The molecule has 1 heterocycles. The van der Waals surface area contributed by atoms with Crippen molar-refractivity contribution in [3.8, 4) is 11.4 Å². The number of hydrogen-bond donors (Lipinski definition) is 1. The molecule has 0 amide bonds. The van der Waals surface area contributed by atoms with Gasteiger partial charge in [-0.2, -0.15) is 4.98 Å². The van der Waals surface area contributed by atoms with Crippen molar-refractivity contribution in [2.75, 3.05) is 0 Å². The number of carbonyl (C=O) groups is 1. The zero-order valence-electron chi connectivity index (χ0n) is 10.8.